The van der Waals surface area contributed by atoms with Crippen molar-refractivity contribution in [3.63, 3.8) is 0 Å². The van der Waals surface area contributed by atoms with Gasteiger partial charge in [-0.2, -0.15) is 0 Å². The molecule has 0 unspecified atom stereocenters. The number of ether oxygens (including phenoxy) is 1. The van der Waals surface area contributed by atoms with Gasteiger partial charge in [0, 0.05) is 5.57 Å². The normalized spacial score (nSPS) is 11.1. The van der Waals surface area contributed by atoms with Gasteiger partial charge < -0.3 is 8.85 Å². The zero-order valence-electron chi connectivity index (χ0n) is 9.05. The Hall–Kier alpha value is -0.396. The first-order valence-electron chi connectivity index (χ1n) is 4.56. The lowest BCUT2D eigenvalue weighted by Gasteiger charge is -2.19. The van der Waals surface area contributed by atoms with E-state index in [0.29, 0.717) is 12.2 Å². The molecule has 0 heterocycles. The molecular formula is C9H17O3Si2. The summed E-state index contributed by atoms with van der Waals surface area (Å²) < 4.78 is 10.1. The standard InChI is InChI=1S/C9H17O3Si2/c1-8(2)9(10)11-6-5-7-14(3,4)12-13/h1,5-7H2,2-4H3. The van der Waals surface area contributed by atoms with Crippen LogP contribution in [0.2, 0.25) is 19.1 Å². The molecule has 0 atom stereocenters. The summed E-state index contributed by atoms with van der Waals surface area (Å²) in [4.78, 5) is 11.0. The maximum Gasteiger partial charge on any atom is 0.333 e. The molecule has 79 valence electrons. The molecule has 0 fully saturated rings. The number of rotatable bonds is 6. The number of carbonyl (C=O) groups is 1. The van der Waals surface area contributed by atoms with E-state index in [1.54, 1.807) is 6.92 Å². The molecule has 0 amide bonds. The van der Waals surface area contributed by atoms with E-state index in [1.165, 1.54) is 0 Å². The van der Waals surface area contributed by atoms with Crippen molar-refractivity contribution in [2.24, 2.45) is 0 Å². The van der Waals surface area contributed by atoms with Gasteiger partial charge in [-0.3, -0.25) is 0 Å². The molecular weight excluding hydrogens is 212 g/mol. The summed E-state index contributed by atoms with van der Waals surface area (Å²) in [6.07, 6.45) is 0.836. The van der Waals surface area contributed by atoms with Crippen molar-refractivity contribution in [2.45, 2.75) is 32.5 Å². The fourth-order valence-electron chi connectivity index (χ4n) is 0.837. The molecule has 3 radical (unpaired) electrons. The first-order valence-corrected chi connectivity index (χ1v) is 8.09. The van der Waals surface area contributed by atoms with Gasteiger partial charge in [0.25, 0.3) is 0 Å². The van der Waals surface area contributed by atoms with Crippen molar-refractivity contribution in [3.8, 4) is 0 Å². The third-order valence-electron chi connectivity index (χ3n) is 1.78. The molecule has 0 aromatic carbocycles. The van der Waals surface area contributed by atoms with Crippen LogP contribution in [-0.2, 0) is 13.6 Å². The Morgan fingerprint density at radius 3 is 2.50 bits per heavy atom. The van der Waals surface area contributed by atoms with Crippen LogP contribution in [0.3, 0.4) is 0 Å². The molecule has 3 nitrogen and oxygen atoms in total. The molecule has 0 aliphatic rings. The van der Waals surface area contributed by atoms with Crippen LogP contribution in [0.15, 0.2) is 12.2 Å². The second kappa shape index (κ2) is 6.16. The maximum atomic E-state index is 11.0. The van der Waals surface area contributed by atoms with Gasteiger partial charge in [0.1, 0.15) is 0 Å². The van der Waals surface area contributed by atoms with Crippen LogP contribution in [0.4, 0.5) is 0 Å². The molecule has 0 aromatic rings. The fourth-order valence-corrected chi connectivity index (χ4v) is 2.24. The minimum absolute atomic E-state index is 0.316. The molecule has 0 saturated carbocycles. The van der Waals surface area contributed by atoms with Gasteiger partial charge in [-0.05, 0) is 32.5 Å². The molecule has 0 aliphatic carbocycles. The molecule has 0 N–H and O–H groups in total. The van der Waals surface area contributed by atoms with Crippen LogP contribution in [0.5, 0.6) is 0 Å². The minimum Gasteiger partial charge on any atom is -0.462 e. The number of esters is 1. The van der Waals surface area contributed by atoms with E-state index in [4.69, 9.17) is 8.85 Å². The Morgan fingerprint density at radius 1 is 1.50 bits per heavy atom. The first-order chi connectivity index (χ1) is 6.39. The lowest BCUT2D eigenvalue weighted by molar-refractivity contribution is -0.138. The average molecular weight is 229 g/mol. The molecule has 0 aliphatic heterocycles. The number of hydrogen-bond acceptors (Lipinski definition) is 3. The van der Waals surface area contributed by atoms with Crippen LogP contribution >= 0.6 is 0 Å². The van der Waals surface area contributed by atoms with E-state index < -0.39 is 8.32 Å². The van der Waals surface area contributed by atoms with Gasteiger partial charge in [0.05, 0.1) is 6.61 Å². The zero-order chi connectivity index (χ0) is 11.2. The van der Waals surface area contributed by atoms with Gasteiger partial charge in [0.2, 0.25) is 10.5 Å². The predicted octanol–water partition coefficient (Wildman–Crippen LogP) is 1.80. The van der Waals surface area contributed by atoms with Crippen molar-refractivity contribution >= 4 is 24.8 Å². The molecule has 0 saturated heterocycles. The summed E-state index contributed by atoms with van der Waals surface area (Å²) in [7, 11) is 1.49. The molecule has 0 bridgehead atoms. The van der Waals surface area contributed by atoms with Gasteiger partial charge >= 0.3 is 5.97 Å². The highest BCUT2D eigenvalue weighted by Crippen LogP contribution is 2.11. The molecule has 0 rings (SSSR count). The van der Waals surface area contributed by atoms with Gasteiger partial charge in [-0.1, -0.05) is 6.58 Å². The van der Waals surface area contributed by atoms with E-state index in [0.717, 1.165) is 12.5 Å². The van der Waals surface area contributed by atoms with E-state index in [9.17, 15) is 4.79 Å². The second-order valence-electron chi connectivity index (χ2n) is 3.88. The molecule has 14 heavy (non-hydrogen) atoms. The molecule has 0 spiro atoms. The lowest BCUT2D eigenvalue weighted by atomic mass is 10.4. The summed E-state index contributed by atoms with van der Waals surface area (Å²) in [6.45, 7) is 9.78. The quantitative estimate of drug-likeness (QED) is 0.301. The molecule has 0 aromatic heterocycles. The van der Waals surface area contributed by atoms with E-state index >= 15 is 0 Å². The summed E-state index contributed by atoms with van der Waals surface area (Å²) >= 11 is 0. The topological polar surface area (TPSA) is 35.5 Å². The number of carbonyl (C=O) groups excluding carboxylic acids is 1. The van der Waals surface area contributed by atoms with Crippen LogP contribution < -0.4 is 0 Å². The summed E-state index contributed by atoms with van der Waals surface area (Å²) in [5.41, 5.74) is 0.442. The molecule has 5 heteroatoms. The SMILES string of the molecule is C=C(C)C(=O)OCCC[Si](C)(C)O[Si]. The van der Waals surface area contributed by atoms with Crippen LogP contribution in [0.25, 0.3) is 0 Å². The van der Waals surface area contributed by atoms with E-state index in [1.807, 2.05) is 0 Å². The van der Waals surface area contributed by atoms with Crippen molar-refractivity contribution in [1.29, 1.82) is 0 Å². The van der Waals surface area contributed by atoms with Crippen molar-refractivity contribution < 1.29 is 13.6 Å². The third kappa shape index (κ3) is 6.12. The minimum atomic E-state index is -1.58. The van der Waals surface area contributed by atoms with E-state index in [2.05, 4.69) is 30.2 Å². The summed E-state index contributed by atoms with van der Waals surface area (Å²) in [5, 5.41) is 0. The zero-order valence-corrected chi connectivity index (χ0v) is 11.1. The van der Waals surface area contributed by atoms with Crippen molar-refractivity contribution in [3.05, 3.63) is 12.2 Å². The van der Waals surface area contributed by atoms with Gasteiger partial charge in [-0.25, -0.2) is 4.79 Å². The van der Waals surface area contributed by atoms with Crippen LogP contribution in [0, 0.1) is 0 Å². The van der Waals surface area contributed by atoms with Crippen LogP contribution in [-0.4, -0.2) is 31.4 Å². The largest absolute Gasteiger partial charge is 0.462 e. The highest BCUT2D eigenvalue weighted by Gasteiger charge is 2.19. The Labute approximate surface area is 90.2 Å². The fraction of sp³-hybridized carbons (Fsp3) is 0.667. The third-order valence-corrected chi connectivity index (χ3v) is 5.55. The Kier molecular flexibility index (Phi) is 5.98. The highest BCUT2D eigenvalue weighted by molar-refractivity contribution is 6.73. The Bertz CT molecular complexity index is 214. The van der Waals surface area contributed by atoms with Crippen LogP contribution in [0.1, 0.15) is 13.3 Å². The predicted molar refractivity (Wildman–Crippen MR) is 59.5 cm³/mol. The monoisotopic (exact) mass is 229 g/mol. The summed E-state index contributed by atoms with van der Waals surface area (Å²) in [5.74, 6) is -0.316. The Morgan fingerprint density at radius 2 is 2.07 bits per heavy atom. The second-order valence-corrected chi connectivity index (χ2v) is 8.72. The number of hydrogen-bond donors (Lipinski definition) is 0. The maximum absolute atomic E-state index is 11.0. The Balaban J connectivity index is 3.57. The lowest BCUT2D eigenvalue weighted by Crippen LogP contribution is -2.29. The summed E-state index contributed by atoms with van der Waals surface area (Å²) in [6, 6.07) is 0.958. The van der Waals surface area contributed by atoms with Crippen molar-refractivity contribution in [2.75, 3.05) is 6.61 Å². The van der Waals surface area contributed by atoms with E-state index in [-0.39, 0.29) is 5.97 Å². The van der Waals surface area contributed by atoms with Crippen molar-refractivity contribution in [1.82, 2.24) is 0 Å². The average Bonchev–Trinajstić information content (AvgIpc) is 2.12. The van der Waals surface area contributed by atoms with Gasteiger partial charge in [-0.15, -0.1) is 0 Å². The van der Waals surface area contributed by atoms with Gasteiger partial charge in [0.15, 0.2) is 8.32 Å². The smallest absolute Gasteiger partial charge is 0.333 e. The highest BCUT2D eigenvalue weighted by atomic mass is 28.4. The first kappa shape index (κ1) is 13.6.